The average Bonchev–Trinajstić information content (AvgIpc) is 2.40. The van der Waals surface area contributed by atoms with E-state index in [0.29, 0.717) is 5.58 Å². The van der Waals surface area contributed by atoms with Crippen LogP contribution in [-0.4, -0.2) is 9.97 Å². The molecule has 0 bridgehead atoms. The van der Waals surface area contributed by atoms with E-state index in [2.05, 4.69) is 9.97 Å². The standard InChI is InChI=1S/C13H7ClN2O3/c14-11-5-6-15-13(16-11)19-10-7-8-3-1-2-4-9(8)18-12(10)17/h1-7H. The highest BCUT2D eigenvalue weighted by atomic mass is 35.5. The van der Waals surface area contributed by atoms with Crippen molar-refractivity contribution >= 4 is 22.6 Å². The Kier molecular flexibility index (Phi) is 2.89. The van der Waals surface area contributed by atoms with Crippen LogP contribution in [0.25, 0.3) is 11.0 Å². The number of aromatic nitrogens is 2. The van der Waals surface area contributed by atoms with Gasteiger partial charge in [-0.3, -0.25) is 0 Å². The predicted molar refractivity (Wildman–Crippen MR) is 69.6 cm³/mol. The fourth-order valence-electron chi connectivity index (χ4n) is 1.58. The van der Waals surface area contributed by atoms with Crippen molar-refractivity contribution in [1.29, 1.82) is 0 Å². The summed E-state index contributed by atoms with van der Waals surface area (Å²) in [5, 5.41) is 0.981. The Labute approximate surface area is 112 Å². The summed E-state index contributed by atoms with van der Waals surface area (Å²) in [6.45, 7) is 0. The summed E-state index contributed by atoms with van der Waals surface area (Å²) >= 11 is 5.71. The molecule has 0 saturated heterocycles. The maximum atomic E-state index is 11.7. The van der Waals surface area contributed by atoms with Crippen LogP contribution in [0.5, 0.6) is 11.8 Å². The van der Waals surface area contributed by atoms with E-state index < -0.39 is 5.63 Å². The largest absolute Gasteiger partial charge is 0.420 e. The third-order valence-corrected chi connectivity index (χ3v) is 2.62. The van der Waals surface area contributed by atoms with Gasteiger partial charge in [0.15, 0.2) is 0 Å². The van der Waals surface area contributed by atoms with Crippen molar-refractivity contribution in [3.05, 3.63) is 58.2 Å². The highest BCUT2D eigenvalue weighted by Crippen LogP contribution is 2.20. The van der Waals surface area contributed by atoms with E-state index in [4.69, 9.17) is 20.8 Å². The van der Waals surface area contributed by atoms with E-state index >= 15 is 0 Å². The van der Waals surface area contributed by atoms with Crippen LogP contribution in [0.1, 0.15) is 0 Å². The monoisotopic (exact) mass is 274 g/mol. The number of halogens is 1. The zero-order chi connectivity index (χ0) is 13.2. The molecule has 0 fully saturated rings. The predicted octanol–water partition coefficient (Wildman–Crippen LogP) is 3.03. The van der Waals surface area contributed by atoms with E-state index in [-0.39, 0.29) is 16.9 Å². The second kappa shape index (κ2) is 4.70. The highest BCUT2D eigenvalue weighted by Gasteiger charge is 2.09. The molecule has 0 aliphatic carbocycles. The summed E-state index contributed by atoms with van der Waals surface area (Å²) in [6, 6.07) is 10.2. The second-order valence-corrected chi connectivity index (χ2v) is 4.09. The first-order valence-electron chi connectivity index (χ1n) is 5.42. The lowest BCUT2D eigenvalue weighted by Crippen LogP contribution is -2.04. The quantitative estimate of drug-likeness (QED) is 0.531. The fraction of sp³-hybridized carbons (Fsp3) is 0. The number of rotatable bonds is 2. The zero-order valence-electron chi connectivity index (χ0n) is 9.54. The van der Waals surface area contributed by atoms with Gasteiger partial charge in [0.2, 0.25) is 5.75 Å². The van der Waals surface area contributed by atoms with Crippen LogP contribution in [0.3, 0.4) is 0 Å². The van der Waals surface area contributed by atoms with Crippen LogP contribution in [0.4, 0.5) is 0 Å². The third kappa shape index (κ3) is 2.41. The third-order valence-electron chi connectivity index (χ3n) is 2.41. The van der Waals surface area contributed by atoms with E-state index in [9.17, 15) is 4.79 Å². The van der Waals surface area contributed by atoms with Crippen LogP contribution in [-0.2, 0) is 0 Å². The van der Waals surface area contributed by atoms with Gasteiger partial charge >= 0.3 is 11.6 Å². The SMILES string of the molecule is O=c1oc2ccccc2cc1Oc1nccc(Cl)n1. The van der Waals surface area contributed by atoms with Gasteiger partial charge in [-0.2, -0.15) is 4.98 Å². The van der Waals surface area contributed by atoms with Crippen molar-refractivity contribution in [2.45, 2.75) is 0 Å². The Morgan fingerprint density at radius 3 is 2.89 bits per heavy atom. The number of hydrogen-bond acceptors (Lipinski definition) is 5. The second-order valence-electron chi connectivity index (χ2n) is 3.70. The molecule has 0 atom stereocenters. The molecule has 2 aromatic heterocycles. The Morgan fingerprint density at radius 1 is 1.21 bits per heavy atom. The molecule has 0 unspecified atom stereocenters. The molecular weight excluding hydrogens is 268 g/mol. The minimum absolute atomic E-state index is 0.00455. The molecule has 6 heteroatoms. The first-order chi connectivity index (χ1) is 9.22. The van der Waals surface area contributed by atoms with Gasteiger partial charge in [0.05, 0.1) is 0 Å². The molecule has 19 heavy (non-hydrogen) atoms. The van der Waals surface area contributed by atoms with Gasteiger partial charge in [-0.05, 0) is 18.2 Å². The van der Waals surface area contributed by atoms with Crippen molar-refractivity contribution in [2.24, 2.45) is 0 Å². The summed E-state index contributed by atoms with van der Waals surface area (Å²) < 4.78 is 10.4. The molecule has 94 valence electrons. The number of ether oxygens (including phenoxy) is 1. The van der Waals surface area contributed by atoms with Gasteiger partial charge in [0.1, 0.15) is 10.7 Å². The Balaban J connectivity index is 2.05. The fourth-order valence-corrected chi connectivity index (χ4v) is 1.71. The molecule has 0 N–H and O–H groups in total. The van der Waals surface area contributed by atoms with Gasteiger partial charge in [-0.1, -0.05) is 29.8 Å². The highest BCUT2D eigenvalue weighted by molar-refractivity contribution is 6.29. The topological polar surface area (TPSA) is 65.2 Å². The Bertz CT molecular complexity index is 801. The van der Waals surface area contributed by atoms with Crippen LogP contribution in [0, 0.1) is 0 Å². The minimum atomic E-state index is -0.595. The minimum Gasteiger partial charge on any atom is -0.420 e. The first-order valence-corrected chi connectivity index (χ1v) is 5.79. The van der Waals surface area contributed by atoms with Gasteiger partial charge in [-0.25, -0.2) is 9.78 Å². The summed E-state index contributed by atoms with van der Waals surface area (Å²) in [5.74, 6) is 0.0148. The lowest BCUT2D eigenvalue weighted by Gasteiger charge is -2.03. The molecule has 3 aromatic rings. The molecule has 0 amide bonds. The number of para-hydroxylation sites is 1. The van der Waals surface area contributed by atoms with Crippen molar-refractivity contribution in [3.63, 3.8) is 0 Å². The number of hydrogen-bond donors (Lipinski definition) is 0. The maximum Gasteiger partial charge on any atom is 0.379 e. The van der Waals surface area contributed by atoms with Gasteiger partial charge in [0.25, 0.3) is 0 Å². The molecule has 5 nitrogen and oxygen atoms in total. The normalized spacial score (nSPS) is 10.6. The van der Waals surface area contributed by atoms with E-state index in [0.717, 1.165) is 5.39 Å². The van der Waals surface area contributed by atoms with Crippen LogP contribution in [0.2, 0.25) is 5.15 Å². The zero-order valence-corrected chi connectivity index (χ0v) is 10.3. The average molecular weight is 275 g/mol. The van der Waals surface area contributed by atoms with Crippen LogP contribution in [0.15, 0.2) is 51.8 Å². The molecule has 3 rings (SSSR count). The molecule has 0 aliphatic rings. The lowest BCUT2D eigenvalue weighted by molar-refractivity contribution is 0.409. The summed E-state index contributed by atoms with van der Waals surface area (Å²) in [7, 11) is 0. The molecular formula is C13H7ClN2O3. The molecule has 0 saturated carbocycles. The van der Waals surface area contributed by atoms with Gasteiger partial charge in [-0.15, -0.1) is 0 Å². The molecule has 0 spiro atoms. The van der Waals surface area contributed by atoms with Crippen molar-refractivity contribution < 1.29 is 9.15 Å². The van der Waals surface area contributed by atoms with Crippen LogP contribution < -0.4 is 10.4 Å². The smallest absolute Gasteiger partial charge is 0.379 e. The maximum absolute atomic E-state index is 11.7. The Hall–Kier alpha value is -2.40. The van der Waals surface area contributed by atoms with Crippen molar-refractivity contribution in [2.75, 3.05) is 0 Å². The molecule has 1 aromatic carbocycles. The van der Waals surface area contributed by atoms with E-state index in [1.807, 2.05) is 12.1 Å². The Morgan fingerprint density at radius 2 is 2.05 bits per heavy atom. The summed E-state index contributed by atoms with van der Waals surface area (Å²) in [5.41, 5.74) is -0.103. The van der Waals surface area contributed by atoms with E-state index in [1.165, 1.54) is 12.3 Å². The lowest BCUT2D eigenvalue weighted by atomic mass is 10.2. The molecule has 0 aliphatic heterocycles. The first kappa shape index (κ1) is 11.7. The number of benzene rings is 1. The van der Waals surface area contributed by atoms with Crippen molar-refractivity contribution in [3.8, 4) is 11.8 Å². The van der Waals surface area contributed by atoms with Gasteiger partial charge < -0.3 is 9.15 Å². The molecule has 0 radical (unpaired) electrons. The molecule has 2 heterocycles. The van der Waals surface area contributed by atoms with E-state index in [1.54, 1.807) is 18.2 Å². The summed E-state index contributed by atoms with van der Waals surface area (Å²) in [6.07, 6.45) is 1.44. The van der Waals surface area contributed by atoms with Gasteiger partial charge in [0, 0.05) is 11.6 Å². The number of fused-ring (bicyclic) bond motifs is 1. The number of nitrogens with zero attached hydrogens (tertiary/aromatic N) is 2. The summed E-state index contributed by atoms with van der Waals surface area (Å²) in [4.78, 5) is 19.4. The van der Waals surface area contributed by atoms with Crippen LogP contribution >= 0.6 is 11.6 Å². The van der Waals surface area contributed by atoms with Crippen molar-refractivity contribution in [1.82, 2.24) is 9.97 Å².